The molecular weight excluding hydrogens is 172 g/mol. The predicted molar refractivity (Wildman–Crippen MR) is 48.1 cm³/mol. The average Bonchev–Trinajstić information content (AvgIpc) is 2.55. The minimum absolute atomic E-state index is 0.235. The summed E-state index contributed by atoms with van der Waals surface area (Å²) in [5.41, 5.74) is 0.817. The van der Waals surface area contributed by atoms with Crippen LogP contribution in [0.15, 0.2) is 45.9 Å². The van der Waals surface area contributed by atoms with E-state index in [2.05, 4.69) is 21.9 Å². The second-order valence-electron chi connectivity index (χ2n) is 2.29. The van der Waals surface area contributed by atoms with Crippen LogP contribution in [0.5, 0.6) is 0 Å². The lowest BCUT2D eigenvalue weighted by atomic mass is 10.3. The van der Waals surface area contributed by atoms with Crippen LogP contribution in [-0.4, -0.2) is 6.34 Å². The van der Waals surface area contributed by atoms with Crippen molar-refractivity contribution >= 4 is 24.8 Å². The molecule has 12 heavy (non-hydrogen) atoms. The van der Waals surface area contributed by atoms with Crippen molar-refractivity contribution in [2.45, 2.75) is 0 Å². The maximum Gasteiger partial charge on any atom is 0.384 e. The quantitative estimate of drug-likeness (QED) is 0.590. The van der Waals surface area contributed by atoms with Crippen LogP contribution in [0.2, 0.25) is 0 Å². The van der Waals surface area contributed by atoms with Crippen molar-refractivity contribution in [2.75, 3.05) is 0 Å². The van der Waals surface area contributed by atoms with Crippen LogP contribution in [-0.2, 0) is 0 Å². The summed E-state index contributed by atoms with van der Waals surface area (Å²) < 4.78 is -0.235. The number of rotatable bonds is 1. The van der Waals surface area contributed by atoms with Crippen LogP contribution in [0.1, 0.15) is 0 Å². The Morgan fingerprint density at radius 2 is 2.00 bits per heavy atom. The molecule has 0 aromatic heterocycles. The fourth-order valence-electron chi connectivity index (χ4n) is 0.916. The lowest BCUT2D eigenvalue weighted by Crippen LogP contribution is -2.27. The summed E-state index contributed by atoms with van der Waals surface area (Å²) in [6, 6.07) is 9.41. The summed E-state index contributed by atoms with van der Waals surface area (Å²) in [5, 5.41) is 10.6. The van der Waals surface area contributed by atoms with Crippen LogP contribution >= 0.6 is 12.8 Å². The third kappa shape index (κ3) is 1.13. The molecule has 1 heterocycles. The molecule has 1 aromatic rings. The van der Waals surface area contributed by atoms with Gasteiger partial charge in [0, 0.05) is 17.4 Å². The zero-order valence-corrected chi connectivity index (χ0v) is 6.90. The Morgan fingerprint density at radius 3 is 2.58 bits per heavy atom. The summed E-state index contributed by atoms with van der Waals surface area (Å²) in [7, 11) is 0. The zero-order chi connectivity index (χ0) is 8.44. The molecular formula is C7H5N4S+. The first-order chi connectivity index (χ1) is 5.81. The first-order valence-electron chi connectivity index (χ1n) is 3.36. The monoisotopic (exact) mass is 177 g/mol. The summed E-state index contributed by atoms with van der Waals surface area (Å²) in [6.45, 7) is 0. The molecule has 0 N–H and O–H groups in total. The van der Waals surface area contributed by atoms with Gasteiger partial charge >= 0.3 is 6.34 Å². The SMILES string of the molecule is [S][N+]1(c2ccccc2)[C]=NN=N1. The van der Waals surface area contributed by atoms with Crippen LogP contribution in [0, 0.1) is 0 Å². The molecule has 1 aliphatic rings. The van der Waals surface area contributed by atoms with Gasteiger partial charge in [-0.3, -0.25) is 0 Å². The van der Waals surface area contributed by atoms with E-state index in [1.165, 1.54) is 0 Å². The van der Waals surface area contributed by atoms with E-state index in [1.54, 1.807) is 0 Å². The number of benzene rings is 1. The largest absolute Gasteiger partial charge is 0.384 e. The molecule has 1 atom stereocenters. The summed E-state index contributed by atoms with van der Waals surface area (Å²) >= 11 is 5.11. The molecule has 0 amide bonds. The van der Waals surface area contributed by atoms with Crippen LogP contribution in [0.25, 0.3) is 0 Å². The third-order valence-corrected chi connectivity index (χ3v) is 1.86. The first-order valence-corrected chi connectivity index (χ1v) is 3.73. The van der Waals surface area contributed by atoms with Crippen molar-refractivity contribution in [3.8, 4) is 0 Å². The smallest absolute Gasteiger partial charge is 0.0618 e. The highest BCUT2D eigenvalue weighted by Crippen LogP contribution is 2.26. The van der Waals surface area contributed by atoms with Gasteiger partial charge in [0.2, 0.25) is 0 Å². The van der Waals surface area contributed by atoms with E-state index in [9.17, 15) is 0 Å². The van der Waals surface area contributed by atoms with Crippen LogP contribution < -0.4 is 4.00 Å². The highest BCUT2D eigenvalue weighted by molar-refractivity contribution is 7.80. The maximum atomic E-state index is 5.11. The van der Waals surface area contributed by atoms with E-state index >= 15 is 0 Å². The van der Waals surface area contributed by atoms with Crippen LogP contribution in [0.3, 0.4) is 0 Å². The fourth-order valence-corrected chi connectivity index (χ4v) is 1.11. The Morgan fingerprint density at radius 1 is 1.25 bits per heavy atom. The molecule has 2 radical (unpaired) electrons. The zero-order valence-electron chi connectivity index (χ0n) is 6.08. The number of nitrogens with zero attached hydrogens (tertiary/aromatic N) is 4. The normalized spacial score (nSPS) is 26.4. The van der Waals surface area contributed by atoms with Crippen molar-refractivity contribution in [3.05, 3.63) is 30.3 Å². The lowest BCUT2D eigenvalue weighted by Gasteiger charge is -2.08. The van der Waals surface area contributed by atoms with E-state index in [4.69, 9.17) is 12.8 Å². The number of quaternary nitrogens is 1. The molecule has 4 nitrogen and oxygen atoms in total. The number of hydrogen-bond acceptors (Lipinski definition) is 3. The summed E-state index contributed by atoms with van der Waals surface area (Å²) in [5.74, 6) is 0. The van der Waals surface area contributed by atoms with Gasteiger partial charge < -0.3 is 0 Å². The highest BCUT2D eigenvalue weighted by Gasteiger charge is 2.33. The van der Waals surface area contributed by atoms with Gasteiger partial charge in [-0.15, -0.1) is 0 Å². The minimum Gasteiger partial charge on any atom is -0.0618 e. The van der Waals surface area contributed by atoms with Crippen molar-refractivity contribution in [2.24, 2.45) is 15.5 Å². The maximum absolute atomic E-state index is 5.11. The molecule has 0 fully saturated rings. The second kappa shape index (κ2) is 2.69. The van der Waals surface area contributed by atoms with Crippen molar-refractivity contribution in [3.63, 3.8) is 0 Å². The van der Waals surface area contributed by atoms with Crippen molar-refractivity contribution in [1.82, 2.24) is 4.00 Å². The standard InChI is InChI=1S/C7H5N4S/c12-11(6-8-9-10-11)7-4-2-1-3-5-7/h1-5H/q+1. The topological polar surface area (TPSA) is 37.1 Å². The Kier molecular flexibility index (Phi) is 1.67. The minimum atomic E-state index is -0.235. The summed E-state index contributed by atoms with van der Waals surface area (Å²) in [6.07, 6.45) is 2.59. The van der Waals surface area contributed by atoms with E-state index in [0.29, 0.717) is 0 Å². The number of para-hydroxylation sites is 1. The van der Waals surface area contributed by atoms with Gasteiger partial charge in [-0.05, 0) is 4.00 Å². The Bertz CT molecular complexity index is 321. The first kappa shape index (κ1) is 7.45. The van der Waals surface area contributed by atoms with Crippen LogP contribution in [0.4, 0.5) is 5.69 Å². The van der Waals surface area contributed by atoms with Crippen molar-refractivity contribution in [1.29, 1.82) is 0 Å². The molecule has 2 rings (SSSR count). The molecule has 0 saturated heterocycles. The molecule has 1 unspecified atom stereocenters. The molecule has 0 saturated carbocycles. The third-order valence-electron chi connectivity index (χ3n) is 1.50. The molecule has 58 valence electrons. The lowest BCUT2D eigenvalue weighted by molar-refractivity contribution is 0.695. The highest BCUT2D eigenvalue weighted by atomic mass is 32.1. The van der Waals surface area contributed by atoms with E-state index in [-0.39, 0.29) is 4.00 Å². The Labute approximate surface area is 75.3 Å². The Balaban J connectivity index is 2.43. The molecule has 1 aromatic carbocycles. The van der Waals surface area contributed by atoms with E-state index in [1.807, 2.05) is 30.3 Å². The molecule has 1 aliphatic heterocycles. The number of hydrogen-bond donors (Lipinski definition) is 0. The average molecular weight is 177 g/mol. The van der Waals surface area contributed by atoms with E-state index < -0.39 is 0 Å². The molecule has 0 aliphatic carbocycles. The molecule has 0 bridgehead atoms. The summed E-state index contributed by atoms with van der Waals surface area (Å²) in [4.78, 5) is 0. The molecule has 5 heteroatoms. The second-order valence-corrected chi connectivity index (χ2v) is 2.82. The fraction of sp³-hybridized carbons (Fsp3) is 0. The van der Waals surface area contributed by atoms with E-state index in [0.717, 1.165) is 5.69 Å². The van der Waals surface area contributed by atoms with Gasteiger partial charge in [0.05, 0.1) is 5.22 Å². The van der Waals surface area contributed by atoms with Gasteiger partial charge in [-0.25, -0.2) is 0 Å². The van der Waals surface area contributed by atoms with Gasteiger partial charge in [0.1, 0.15) is 0 Å². The van der Waals surface area contributed by atoms with Gasteiger partial charge in [0.25, 0.3) is 12.8 Å². The van der Waals surface area contributed by atoms with Crippen molar-refractivity contribution < 1.29 is 0 Å². The predicted octanol–water partition coefficient (Wildman–Crippen LogP) is 2.31. The van der Waals surface area contributed by atoms with Gasteiger partial charge in [-0.2, -0.15) is 0 Å². The molecule has 0 spiro atoms. The Hall–Kier alpha value is -1.20. The van der Waals surface area contributed by atoms with Gasteiger partial charge in [0.15, 0.2) is 5.69 Å². The van der Waals surface area contributed by atoms with Gasteiger partial charge in [-0.1, -0.05) is 23.3 Å².